The quantitative estimate of drug-likeness (QED) is 0.842. The van der Waals surface area contributed by atoms with Crippen molar-refractivity contribution in [3.8, 4) is 0 Å². The fraction of sp³-hybridized carbons (Fsp3) is 0.417. The number of nitrogens with one attached hydrogen (secondary N) is 1. The molecule has 0 atom stereocenters. The van der Waals surface area contributed by atoms with Gasteiger partial charge in [-0.25, -0.2) is 0 Å². The molecule has 1 radical (unpaired) electrons. The molecule has 2 nitrogen and oxygen atoms in total. The summed E-state index contributed by atoms with van der Waals surface area (Å²) in [4.78, 5) is 10.5. The molecule has 15 heavy (non-hydrogen) atoms. The predicted octanol–water partition coefficient (Wildman–Crippen LogP) is 1.24. The van der Waals surface area contributed by atoms with Crippen LogP contribution in [0.3, 0.4) is 0 Å². The number of carbonyl (C=O) groups excluding carboxylic acids is 1. The second-order valence-corrected chi connectivity index (χ2v) is 3.97. The molecular weight excluding hydrogens is 263 g/mol. The van der Waals surface area contributed by atoms with Crippen LogP contribution < -0.4 is 5.32 Å². The average Bonchev–Trinajstić information content (AvgIpc) is 2.57. The van der Waals surface area contributed by atoms with Crippen LogP contribution in [-0.2, 0) is 50.3 Å². The minimum Gasteiger partial charge on any atom is -0.542 e. The van der Waals surface area contributed by atoms with E-state index in [1.807, 2.05) is 13.3 Å². The topological polar surface area (TPSA) is 29.1 Å². The van der Waals surface area contributed by atoms with Gasteiger partial charge in [0.2, 0.25) is 0 Å². The molecule has 0 unspecified atom stereocenters. The van der Waals surface area contributed by atoms with Crippen molar-refractivity contribution in [2.24, 2.45) is 0 Å². The Bertz CT molecular complexity index is 326. The van der Waals surface area contributed by atoms with E-state index in [4.69, 9.17) is 0 Å². The van der Waals surface area contributed by atoms with Gasteiger partial charge < -0.3 is 10.1 Å². The molecule has 3 heteroatoms. The van der Waals surface area contributed by atoms with Gasteiger partial charge in [-0.3, -0.25) is 6.29 Å². The molecule has 0 aromatic heterocycles. The number of likely N-dealkylation sites (N-methyl/N-ethyl adjacent to an activating group) is 1. The molecule has 1 N–H and O–H groups in total. The van der Waals surface area contributed by atoms with Crippen molar-refractivity contribution in [2.45, 2.75) is 24.8 Å². The van der Waals surface area contributed by atoms with Gasteiger partial charge in [0, 0.05) is 38.2 Å². The Balaban J connectivity index is 0.00000112. The first-order valence-corrected chi connectivity index (χ1v) is 4.90. The number of benzene rings is 1. The van der Waals surface area contributed by atoms with E-state index in [1.165, 1.54) is 11.1 Å². The smallest absolute Gasteiger partial charge is 0.00213 e. The van der Waals surface area contributed by atoms with Gasteiger partial charge in [-0.2, -0.15) is 0 Å². The van der Waals surface area contributed by atoms with Crippen LogP contribution in [0.1, 0.15) is 17.5 Å². The number of rotatable bonds is 3. The Morgan fingerprint density at radius 1 is 1.33 bits per heavy atom. The standard InChI is InChI=1S/C12H14NO.Y/c1-13-12(6-7-14)8-10-4-2-3-5-11(10)9-12;/h2-5,13H,6,8-9H2,1H3;/q-1;. The molecule has 0 saturated heterocycles. The van der Waals surface area contributed by atoms with Gasteiger partial charge in [0.25, 0.3) is 0 Å². The molecule has 0 bridgehead atoms. The number of hydrogen-bond acceptors (Lipinski definition) is 2. The summed E-state index contributed by atoms with van der Waals surface area (Å²) in [5, 5.41) is 3.26. The van der Waals surface area contributed by atoms with Crippen molar-refractivity contribution >= 4 is 6.29 Å². The summed E-state index contributed by atoms with van der Waals surface area (Å²) in [5.74, 6) is 0. The maximum Gasteiger partial charge on any atom is 0.00213 e. The fourth-order valence-corrected chi connectivity index (χ4v) is 2.22. The van der Waals surface area contributed by atoms with E-state index in [-0.39, 0.29) is 38.2 Å². The zero-order valence-corrected chi connectivity index (χ0v) is 11.8. The van der Waals surface area contributed by atoms with E-state index in [1.54, 1.807) is 0 Å². The molecule has 1 aliphatic rings. The molecule has 0 spiro atoms. The van der Waals surface area contributed by atoms with Crippen molar-refractivity contribution < 1.29 is 37.5 Å². The van der Waals surface area contributed by atoms with Crippen molar-refractivity contribution in [1.29, 1.82) is 0 Å². The molecule has 0 saturated carbocycles. The van der Waals surface area contributed by atoms with Crippen molar-refractivity contribution in [2.75, 3.05) is 7.05 Å². The van der Waals surface area contributed by atoms with Crippen LogP contribution in [0, 0.1) is 0 Å². The van der Waals surface area contributed by atoms with E-state index in [0.717, 1.165) is 12.8 Å². The summed E-state index contributed by atoms with van der Waals surface area (Å²) in [6, 6.07) is 8.38. The molecular formula is C12H14NOY-. The van der Waals surface area contributed by atoms with E-state index in [9.17, 15) is 4.79 Å². The second-order valence-electron chi connectivity index (χ2n) is 3.97. The van der Waals surface area contributed by atoms with Gasteiger partial charge >= 0.3 is 0 Å². The van der Waals surface area contributed by atoms with Crippen LogP contribution in [0.4, 0.5) is 0 Å². The molecule has 0 amide bonds. The first-order valence-electron chi connectivity index (χ1n) is 4.90. The minimum absolute atomic E-state index is 0. The third kappa shape index (κ3) is 2.55. The van der Waals surface area contributed by atoms with Crippen LogP contribution in [0.15, 0.2) is 24.3 Å². The Kier molecular flexibility index (Phi) is 4.63. The van der Waals surface area contributed by atoms with Gasteiger partial charge in [0.05, 0.1) is 0 Å². The SMILES string of the molecule is CNC1(C[C-]=O)Cc2ccccc2C1.[Y]. The third-order valence-electron chi connectivity index (χ3n) is 3.12. The molecule has 0 heterocycles. The fourth-order valence-electron chi connectivity index (χ4n) is 2.22. The normalized spacial score (nSPS) is 16.6. The van der Waals surface area contributed by atoms with Crippen LogP contribution in [-0.4, -0.2) is 18.9 Å². The van der Waals surface area contributed by atoms with Crippen LogP contribution in [0.25, 0.3) is 0 Å². The molecule has 77 valence electrons. The molecule has 1 aromatic rings. The van der Waals surface area contributed by atoms with E-state index >= 15 is 0 Å². The van der Waals surface area contributed by atoms with Crippen LogP contribution in [0.5, 0.6) is 0 Å². The summed E-state index contributed by atoms with van der Waals surface area (Å²) in [6.45, 7) is 0. The Labute approximate surface area is 116 Å². The summed E-state index contributed by atoms with van der Waals surface area (Å²) in [6.07, 6.45) is 4.37. The first-order chi connectivity index (χ1) is 6.79. The third-order valence-corrected chi connectivity index (χ3v) is 3.12. The largest absolute Gasteiger partial charge is 0.542 e. The molecule has 0 aliphatic heterocycles. The van der Waals surface area contributed by atoms with Gasteiger partial charge in [0.15, 0.2) is 0 Å². The van der Waals surface area contributed by atoms with E-state index in [0.29, 0.717) is 6.42 Å². The van der Waals surface area contributed by atoms with Crippen LogP contribution in [0.2, 0.25) is 0 Å². The van der Waals surface area contributed by atoms with Gasteiger partial charge in [-0.15, -0.1) is 6.42 Å². The summed E-state index contributed by atoms with van der Waals surface area (Å²) in [7, 11) is 1.92. The molecule has 2 rings (SSSR count). The molecule has 0 fully saturated rings. The number of fused-ring (bicyclic) bond motifs is 1. The van der Waals surface area contributed by atoms with Crippen LogP contribution >= 0.6 is 0 Å². The van der Waals surface area contributed by atoms with Gasteiger partial charge in [-0.05, 0) is 31.0 Å². The van der Waals surface area contributed by atoms with Crippen molar-refractivity contribution in [3.05, 3.63) is 35.4 Å². The Morgan fingerprint density at radius 2 is 1.87 bits per heavy atom. The summed E-state index contributed by atoms with van der Waals surface area (Å²) in [5.41, 5.74) is 2.64. The predicted molar refractivity (Wildman–Crippen MR) is 56.0 cm³/mol. The van der Waals surface area contributed by atoms with E-state index in [2.05, 4.69) is 29.6 Å². The first kappa shape index (κ1) is 13.0. The van der Waals surface area contributed by atoms with Crippen molar-refractivity contribution in [1.82, 2.24) is 5.32 Å². The summed E-state index contributed by atoms with van der Waals surface area (Å²) >= 11 is 0. The number of hydrogen-bond donors (Lipinski definition) is 1. The Hall–Kier alpha value is -0.0461. The molecule has 1 aromatic carbocycles. The van der Waals surface area contributed by atoms with Gasteiger partial charge in [-0.1, -0.05) is 24.3 Å². The Morgan fingerprint density at radius 3 is 2.27 bits per heavy atom. The average molecular weight is 277 g/mol. The maximum atomic E-state index is 10.5. The molecule has 1 aliphatic carbocycles. The van der Waals surface area contributed by atoms with Gasteiger partial charge in [0.1, 0.15) is 0 Å². The summed E-state index contributed by atoms with van der Waals surface area (Å²) < 4.78 is 0. The zero-order valence-electron chi connectivity index (χ0n) is 8.92. The maximum absolute atomic E-state index is 10.5. The second kappa shape index (κ2) is 5.33. The monoisotopic (exact) mass is 277 g/mol. The minimum atomic E-state index is -0.0779. The zero-order chi connectivity index (χ0) is 10.0. The van der Waals surface area contributed by atoms with E-state index < -0.39 is 0 Å². The van der Waals surface area contributed by atoms with Crippen molar-refractivity contribution in [3.63, 3.8) is 0 Å².